The number of aliphatic hydroxyl groups excluding tert-OH is 1. The van der Waals surface area contributed by atoms with Crippen molar-refractivity contribution < 1.29 is 10.2 Å². The Bertz CT molecular complexity index is 279. The van der Waals surface area contributed by atoms with Gasteiger partial charge in [-0.15, -0.1) is 0 Å². The molecule has 0 aliphatic heterocycles. The van der Waals surface area contributed by atoms with Crippen LogP contribution in [0.1, 0.15) is 23.0 Å². The van der Waals surface area contributed by atoms with Gasteiger partial charge < -0.3 is 10.2 Å². The van der Waals surface area contributed by atoms with Crippen LogP contribution in [0.5, 0.6) is 0 Å². The van der Waals surface area contributed by atoms with Gasteiger partial charge in [-0.2, -0.15) is 0 Å². The number of hydrogen-bond acceptors (Lipinski definition) is 2. The van der Waals surface area contributed by atoms with Crippen molar-refractivity contribution >= 4 is 0 Å². The molecule has 0 bridgehead atoms. The third-order valence-electron chi connectivity index (χ3n) is 2.19. The van der Waals surface area contributed by atoms with Gasteiger partial charge in [-0.05, 0) is 24.0 Å². The van der Waals surface area contributed by atoms with E-state index in [1.54, 1.807) is 6.07 Å². The Morgan fingerprint density at radius 1 is 1.09 bits per heavy atom. The van der Waals surface area contributed by atoms with Crippen LogP contribution in [0.25, 0.3) is 0 Å². The number of rotatable bonds is 1. The standard InChI is InChI=1S/C9H10O2/c10-9(11)8-4-2-6-1-3-7(6)5-8/h2,4-5,9-11H,1,3H2. The first kappa shape index (κ1) is 6.83. The molecule has 11 heavy (non-hydrogen) atoms. The SMILES string of the molecule is OC(O)c1ccc2c(c1)CC2. The minimum atomic E-state index is -1.32. The number of fused-ring (bicyclic) bond motifs is 1. The molecule has 1 aromatic carbocycles. The van der Waals surface area contributed by atoms with Crippen molar-refractivity contribution in [3.05, 3.63) is 34.9 Å². The Balaban J connectivity index is 2.38. The first-order valence-corrected chi connectivity index (χ1v) is 3.75. The molecule has 0 amide bonds. The van der Waals surface area contributed by atoms with Crippen molar-refractivity contribution in [2.45, 2.75) is 19.1 Å². The average Bonchev–Trinajstić information content (AvgIpc) is 1.91. The van der Waals surface area contributed by atoms with E-state index in [9.17, 15) is 0 Å². The van der Waals surface area contributed by atoms with Gasteiger partial charge in [-0.3, -0.25) is 0 Å². The number of aryl methyl sites for hydroxylation is 2. The van der Waals surface area contributed by atoms with Gasteiger partial charge in [-0.1, -0.05) is 18.2 Å². The molecule has 0 unspecified atom stereocenters. The largest absolute Gasteiger partial charge is 0.364 e. The van der Waals surface area contributed by atoms with E-state index in [1.807, 2.05) is 12.1 Å². The third-order valence-corrected chi connectivity index (χ3v) is 2.19. The molecule has 2 heteroatoms. The first-order valence-electron chi connectivity index (χ1n) is 3.75. The normalized spacial score (nSPS) is 14.5. The maximum Gasteiger partial charge on any atom is 0.178 e. The van der Waals surface area contributed by atoms with Crippen molar-refractivity contribution in [1.29, 1.82) is 0 Å². The molecule has 0 spiro atoms. The lowest BCUT2D eigenvalue weighted by atomic mass is 9.87. The van der Waals surface area contributed by atoms with E-state index in [0.717, 1.165) is 12.8 Å². The fourth-order valence-corrected chi connectivity index (χ4v) is 1.38. The quantitative estimate of drug-likeness (QED) is 0.580. The number of hydrogen-bond donors (Lipinski definition) is 2. The molecule has 0 aromatic heterocycles. The smallest absolute Gasteiger partial charge is 0.178 e. The second kappa shape index (κ2) is 2.32. The van der Waals surface area contributed by atoms with Crippen molar-refractivity contribution in [1.82, 2.24) is 0 Å². The lowest BCUT2D eigenvalue weighted by Gasteiger charge is -2.19. The van der Waals surface area contributed by atoms with Gasteiger partial charge in [0.05, 0.1) is 0 Å². The summed E-state index contributed by atoms with van der Waals surface area (Å²) in [7, 11) is 0. The maximum atomic E-state index is 8.82. The van der Waals surface area contributed by atoms with Crippen molar-refractivity contribution in [3.8, 4) is 0 Å². The number of benzene rings is 1. The van der Waals surface area contributed by atoms with Crippen LogP contribution < -0.4 is 0 Å². The fraction of sp³-hybridized carbons (Fsp3) is 0.333. The summed E-state index contributed by atoms with van der Waals surface area (Å²) in [6.45, 7) is 0. The van der Waals surface area contributed by atoms with E-state index in [0.29, 0.717) is 5.56 Å². The van der Waals surface area contributed by atoms with Gasteiger partial charge in [0.2, 0.25) is 0 Å². The molecule has 2 N–H and O–H groups in total. The van der Waals surface area contributed by atoms with E-state index in [1.165, 1.54) is 11.1 Å². The molecule has 58 valence electrons. The van der Waals surface area contributed by atoms with Crippen molar-refractivity contribution in [2.75, 3.05) is 0 Å². The van der Waals surface area contributed by atoms with Gasteiger partial charge >= 0.3 is 0 Å². The van der Waals surface area contributed by atoms with Crippen LogP contribution in [0, 0.1) is 0 Å². The molecule has 2 nitrogen and oxygen atoms in total. The zero-order valence-electron chi connectivity index (χ0n) is 6.12. The van der Waals surface area contributed by atoms with Crippen LogP contribution in [0.2, 0.25) is 0 Å². The van der Waals surface area contributed by atoms with Gasteiger partial charge in [0.15, 0.2) is 6.29 Å². The Morgan fingerprint density at radius 3 is 2.27 bits per heavy atom. The van der Waals surface area contributed by atoms with Gasteiger partial charge in [-0.25, -0.2) is 0 Å². The fourth-order valence-electron chi connectivity index (χ4n) is 1.38. The van der Waals surface area contributed by atoms with Crippen LogP contribution in [0.3, 0.4) is 0 Å². The Morgan fingerprint density at radius 2 is 1.82 bits per heavy atom. The predicted molar refractivity (Wildman–Crippen MR) is 41.0 cm³/mol. The lowest BCUT2D eigenvalue weighted by molar-refractivity contribution is -0.0425. The number of aliphatic hydroxyl groups is 2. The van der Waals surface area contributed by atoms with E-state index in [2.05, 4.69) is 0 Å². The average molecular weight is 150 g/mol. The highest BCUT2D eigenvalue weighted by Gasteiger charge is 2.14. The summed E-state index contributed by atoms with van der Waals surface area (Å²) in [6, 6.07) is 5.60. The summed E-state index contributed by atoms with van der Waals surface area (Å²) in [5, 5.41) is 17.6. The van der Waals surface area contributed by atoms with Crippen LogP contribution >= 0.6 is 0 Å². The van der Waals surface area contributed by atoms with Gasteiger partial charge in [0.1, 0.15) is 0 Å². The molecule has 0 saturated heterocycles. The molecule has 2 rings (SSSR count). The van der Waals surface area contributed by atoms with Crippen molar-refractivity contribution in [3.63, 3.8) is 0 Å². The molecular formula is C9H10O2. The molecule has 0 atom stereocenters. The zero-order valence-corrected chi connectivity index (χ0v) is 6.12. The Hall–Kier alpha value is -0.860. The highest BCUT2D eigenvalue weighted by atomic mass is 16.5. The van der Waals surface area contributed by atoms with Crippen LogP contribution in [-0.4, -0.2) is 10.2 Å². The van der Waals surface area contributed by atoms with E-state index < -0.39 is 6.29 Å². The monoisotopic (exact) mass is 150 g/mol. The maximum absolute atomic E-state index is 8.82. The van der Waals surface area contributed by atoms with Gasteiger partial charge in [0, 0.05) is 5.56 Å². The summed E-state index contributed by atoms with van der Waals surface area (Å²) < 4.78 is 0. The summed E-state index contributed by atoms with van der Waals surface area (Å²) in [5.74, 6) is 0. The second-order valence-corrected chi connectivity index (χ2v) is 2.90. The molecular weight excluding hydrogens is 140 g/mol. The summed E-state index contributed by atoms with van der Waals surface area (Å²) in [6.07, 6.45) is 0.897. The molecule has 0 fully saturated rings. The van der Waals surface area contributed by atoms with Crippen LogP contribution in [0.15, 0.2) is 18.2 Å². The topological polar surface area (TPSA) is 40.5 Å². The third kappa shape index (κ3) is 1.04. The Kier molecular flexibility index (Phi) is 1.44. The lowest BCUT2D eigenvalue weighted by Crippen LogP contribution is -2.09. The molecule has 1 aliphatic carbocycles. The van der Waals surface area contributed by atoms with Crippen LogP contribution in [0.4, 0.5) is 0 Å². The van der Waals surface area contributed by atoms with Crippen molar-refractivity contribution in [2.24, 2.45) is 0 Å². The molecule has 0 radical (unpaired) electrons. The molecule has 1 aliphatic rings. The highest BCUT2D eigenvalue weighted by molar-refractivity contribution is 5.38. The molecule has 0 saturated carbocycles. The molecule has 1 aromatic rings. The minimum absolute atomic E-state index is 0.600. The summed E-state index contributed by atoms with van der Waals surface area (Å²) in [5.41, 5.74) is 3.20. The van der Waals surface area contributed by atoms with E-state index >= 15 is 0 Å². The minimum Gasteiger partial charge on any atom is -0.364 e. The summed E-state index contributed by atoms with van der Waals surface area (Å²) in [4.78, 5) is 0. The second-order valence-electron chi connectivity index (χ2n) is 2.90. The zero-order chi connectivity index (χ0) is 7.84. The Labute approximate surface area is 65.1 Å². The van der Waals surface area contributed by atoms with E-state index in [-0.39, 0.29) is 0 Å². The first-order chi connectivity index (χ1) is 5.27. The van der Waals surface area contributed by atoms with Gasteiger partial charge in [0.25, 0.3) is 0 Å². The summed E-state index contributed by atoms with van der Waals surface area (Å²) >= 11 is 0. The predicted octanol–water partition coefficient (Wildman–Crippen LogP) is 0.768. The molecule has 0 heterocycles. The van der Waals surface area contributed by atoms with Crippen LogP contribution in [-0.2, 0) is 12.8 Å². The van der Waals surface area contributed by atoms with E-state index in [4.69, 9.17) is 10.2 Å². The highest BCUT2D eigenvalue weighted by Crippen LogP contribution is 2.25.